The second-order valence-electron chi connectivity index (χ2n) is 3.95. The molecule has 0 radical (unpaired) electrons. The van der Waals surface area contributed by atoms with E-state index in [1.165, 1.54) is 23.1 Å². The number of hydrogen-bond donors (Lipinski definition) is 2. The number of aliphatic carboxylic acids is 1. The molecule has 0 unspecified atom stereocenters. The van der Waals surface area contributed by atoms with Gasteiger partial charge in [0.2, 0.25) is 0 Å². The van der Waals surface area contributed by atoms with E-state index in [-0.39, 0.29) is 19.0 Å². The summed E-state index contributed by atoms with van der Waals surface area (Å²) in [6.07, 6.45) is 0.369. The Morgan fingerprint density at radius 3 is 2.74 bits per heavy atom. The van der Waals surface area contributed by atoms with Crippen LogP contribution in [0.3, 0.4) is 0 Å². The van der Waals surface area contributed by atoms with Crippen molar-refractivity contribution in [2.45, 2.75) is 19.8 Å². The molecule has 1 aromatic carbocycles. The van der Waals surface area contributed by atoms with Crippen LogP contribution in [-0.2, 0) is 4.79 Å². The van der Waals surface area contributed by atoms with Gasteiger partial charge in [0.1, 0.15) is 5.82 Å². The first kappa shape index (κ1) is 14.9. The number of anilines is 1. The van der Waals surface area contributed by atoms with Crippen molar-refractivity contribution < 1.29 is 19.1 Å². The van der Waals surface area contributed by atoms with Crippen molar-refractivity contribution in [3.63, 3.8) is 0 Å². The molecular formula is C13H17FN2O3. The summed E-state index contributed by atoms with van der Waals surface area (Å²) in [6, 6.07) is 5.40. The maximum absolute atomic E-state index is 13.1. The molecule has 2 amide bonds. The van der Waals surface area contributed by atoms with Crippen LogP contribution >= 0.6 is 0 Å². The van der Waals surface area contributed by atoms with Gasteiger partial charge in [-0.3, -0.25) is 9.69 Å². The quantitative estimate of drug-likeness (QED) is 0.777. The van der Waals surface area contributed by atoms with Crippen molar-refractivity contribution in [3.8, 4) is 0 Å². The summed E-state index contributed by atoms with van der Waals surface area (Å²) in [6.45, 7) is 2.45. The minimum absolute atomic E-state index is 0.00632. The Labute approximate surface area is 111 Å². The lowest BCUT2D eigenvalue weighted by atomic mass is 10.3. The average Bonchev–Trinajstić information content (AvgIpc) is 2.35. The Bertz CT molecular complexity index is 451. The summed E-state index contributed by atoms with van der Waals surface area (Å²) < 4.78 is 13.1. The zero-order chi connectivity index (χ0) is 14.3. The predicted molar refractivity (Wildman–Crippen MR) is 69.7 cm³/mol. The summed E-state index contributed by atoms with van der Waals surface area (Å²) in [5, 5.41) is 11.1. The fraction of sp³-hybridized carbons (Fsp3) is 0.385. The van der Waals surface area contributed by atoms with Gasteiger partial charge < -0.3 is 10.4 Å². The van der Waals surface area contributed by atoms with Crippen LogP contribution in [0.15, 0.2) is 24.3 Å². The Balaban J connectivity index is 2.55. The molecule has 1 aromatic rings. The van der Waals surface area contributed by atoms with E-state index in [4.69, 9.17) is 5.11 Å². The van der Waals surface area contributed by atoms with Crippen molar-refractivity contribution >= 4 is 17.7 Å². The molecule has 0 aliphatic rings. The Morgan fingerprint density at radius 2 is 2.16 bits per heavy atom. The normalized spacial score (nSPS) is 10.0. The average molecular weight is 268 g/mol. The standard InChI is InChI=1S/C13H17FN2O3/c1-2-16(11-6-3-5-10(14)9-11)13(19)15-8-4-7-12(17)18/h3,5-6,9H,2,4,7-8H2,1H3,(H,15,19)(H,17,18). The van der Waals surface area contributed by atoms with Gasteiger partial charge in [-0.15, -0.1) is 0 Å². The largest absolute Gasteiger partial charge is 0.481 e. The first-order valence-electron chi connectivity index (χ1n) is 6.07. The molecule has 0 saturated heterocycles. The van der Waals surface area contributed by atoms with Crippen LogP contribution in [0.2, 0.25) is 0 Å². The number of rotatable bonds is 6. The number of carboxylic acid groups (broad SMARTS) is 1. The number of carbonyl (C=O) groups is 2. The highest BCUT2D eigenvalue weighted by Crippen LogP contribution is 2.15. The van der Waals surface area contributed by atoms with Gasteiger partial charge in [0.05, 0.1) is 0 Å². The van der Waals surface area contributed by atoms with Crippen LogP contribution < -0.4 is 10.2 Å². The van der Waals surface area contributed by atoms with Gasteiger partial charge in [0, 0.05) is 25.2 Å². The fourth-order valence-electron chi connectivity index (χ4n) is 1.62. The highest BCUT2D eigenvalue weighted by molar-refractivity contribution is 5.91. The second-order valence-corrected chi connectivity index (χ2v) is 3.95. The molecule has 6 heteroatoms. The molecule has 0 saturated carbocycles. The number of carboxylic acids is 1. The molecule has 0 spiro atoms. The maximum Gasteiger partial charge on any atom is 0.321 e. The van der Waals surface area contributed by atoms with Crippen LogP contribution in [0.1, 0.15) is 19.8 Å². The molecule has 0 bridgehead atoms. The summed E-state index contributed by atoms with van der Waals surface area (Å²) in [7, 11) is 0. The molecule has 0 heterocycles. The highest BCUT2D eigenvalue weighted by Gasteiger charge is 2.13. The summed E-state index contributed by atoms with van der Waals surface area (Å²) in [4.78, 5) is 23.6. The molecular weight excluding hydrogens is 251 g/mol. The lowest BCUT2D eigenvalue weighted by Crippen LogP contribution is -2.40. The van der Waals surface area contributed by atoms with Crippen molar-refractivity contribution in [2.75, 3.05) is 18.0 Å². The van der Waals surface area contributed by atoms with Gasteiger partial charge in [-0.1, -0.05) is 6.07 Å². The molecule has 0 atom stereocenters. The third-order valence-electron chi connectivity index (χ3n) is 2.52. The number of halogens is 1. The summed E-state index contributed by atoms with van der Waals surface area (Å²) >= 11 is 0. The van der Waals surface area contributed by atoms with Crippen LogP contribution in [-0.4, -0.2) is 30.2 Å². The molecule has 104 valence electrons. The second kappa shape index (κ2) is 7.35. The van der Waals surface area contributed by atoms with E-state index in [2.05, 4.69) is 5.32 Å². The molecule has 0 aliphatic heterocycles. The number of benzene rings is 1. The molecule has 0 aliphatic carbocycles. The zero-order valence-electron chi connectivity index (χ0n) is 10.7. The number of urea groups is 1. The lowest BCUT2D eigenvalue weighted by Gasteiger charge is -2.21. The topological polar surface area (TPSA) is 69.6 Å². The van der Waals surface area contributed by atoms with E-state index in [0.717, 1.165) is 0 Å². The van der Waals surface area contributed by atoms with Gasteiger partial charge in [0.15, 0.2) is 0 Å². The first-order chi connectivity index (χ1) is 9.04. The fourth-order valence-corrected chi connectivity index (χ4v) is 1.62. The third-order valence-corrected chi connectivity index (χ3v) is 2.52. The van der Waals surface area contributed by atoms with Crippen LogP contribution in [0, 0.1) is 5.82 Å². The van der Waals surface area contributed by atoms with Gasteiger partial charge in [-0.05, 0) is 31.5 Å². The van der Waals surface area contributed by atoms with E-state index >= 15 is 0 Å². The van der Waals surface area contributed by atoms with Gasteiger partial charge in [0.25, 0.3) is 0 Å². The predicted octanol–water partition coefficient (Wildman–Crippen LogP) is 2.23. The Kier molecular flexibility index (Phi) is 5.78. The van der Waals surface area contributed by atoms with Gasteiger partial charge in [-0.2, -0.15) is 0 Å². The molecule has 0 aromatic heterocycles. The van der Waals surface area contributed by atoms with E-state index in [1.807, 2.05) is 0 Å². The number of nitrogens with one attached hydrogen (secondary N) is 1. The van der Waals surface area contributed by atoms with Crippen molar-refractivity contribution in [1.29, 1.82) is 0 Å². The van der Waals surface area contributed by atoms with E-state index in [9.17, 15) is 14.0 Å². The van der Waals surface area contributed by atoms with Crippen molar-refractivity contribution in [2.24, 2.45) is 0 Å². The molecule has 2 N–H and O–H groups in total. The number of nitrogens with zero attached hydrogens (tertiary/aromatic N) is 1. The van der Waals surface area contributed by atoms with Crippen LogP contribution in [0.25, 0.3) is 0 Å². The molecule has 19 heavy (non-hydrogen) atoms. The number of hydrogen-bond acceptors (Lipinski definition) is 2. The van der Waals surface area contributed by atoms with E-state index in [0.29, 0.717) is 18.7 Å². The van der Waals surface area contributed by atoms with Crippen molar-refractivity contribution in [1.82, 2.24) is 5.32 Å². The first-order valence-corrected chi connectivity index (χ1v) is 6.07. The molecule has 5 nitrogen and oxygen atoms in total. The van der Waals surface area contributed by atoms with Crippen LogP contribution in [0.5, 0.6) is 0 Å². The van der Waals surface area contributed by atoms with Crippen LogP contribution in [0.4, 0.5) is 14.9 Å². The van der Waals surface area contributed by atoms with Crippen molar-refractivity contribution in [3.05, 3.63) is 30.1 Å². The number of carbonyl (C=O) groups excluding carboxylic acids is 1. The Hall–Kier alpha value is -2.11. The lowest BCUT2D eigenvalue weighted by molar-refractivity contribution is -0.137. The van der Waals surface area contributed by atoms with E-state index in [1.54, 1.807) is 13.0 Å². The smallest absolute Gasteiger partial charge is 0.321 e. The minimum atomic E-state index is -0.897. The SMILES string of the molecule is CCN(C(=O)NCCCC(=O)O)c1cccc(F)c1. The van der Waals surface area contributed by atoms with E-state index < -0.39 is 11.8 Å². The highest BCUT2D eigenvalue weighted by atomic mass is 19.1. The maximum atomic E-state index is 13.1. The Morgan fingerprint density at radius 1 is 1.42 bits per heavy atom. The number of amides is 2. The minimum Gasteiger partial charge on any atom is -0.481 e. The molecule has 0 fully saturated rings. The van der Waals surface area contributed by atoms with Gasteiger partial charge >= 0.3 is 12.0 Å². The summed E-state index contributed by atoms with van der Waals surface area (Å²) in [5.74, 6) is -1.30. The molecule has 1 rings (SSSR count). The third kappa shape index (κ3) is 4.95. The zero-order valence-corrected chi connectivity index (χ0v) is 10.7. The summed E-state index contributed by atoms with van der Waals surface area (Å²) in [5.41, 5.74) is 0.471. The monoisotopic (exact) mass is 268 g/mol. The van der Waals surface area contributed by atoms with Gasteiger partial charge in [-0.25, -0.2) is 9.18 Å².